The second-order valence-electron chi connectivity index (χ2n) is 6.65. The molecule has 1 atom stereocenters. The van der Waals surface area contributed by atoms with Gasteiger partial charge in [-0.2, -0.15) is 0 Å². The van der Waals surface area contributed by atoms with Crippen molar-refractivity contribution in [2.75, 3.05) is 0 Å². The van der Waals surface area contributed by atoms with Gasteiger partial charge in [-0.1, -0.05) is 74.3 Å². The number of allylic oxidation sites excluding steroid dienone is 2. The van der Waals surface area contributed by atoms with E-state index in [-0.39, 0.29) is 0 Å². The van der Waals surface area contributed by atoms with Crippen LogP contribution in [0.3, 0.4) is 0 Å². The Morgan fingerprint density at radius 3 is 2.29 bits per heavy atom. The molecule has 1 nitrogen and oxygen atoms in total. The van der Waals surface area contributed by atoms with Crippen molar-refractivity contribution in [1.29, 1.82) is 0 Å². The number of rotatable bonds is 2. The van der Waals surface area contributed by atoms with Gasteiger partial charge in [-0.05, 0) is 23.2 Å². The SMILES string of the molecule is C[Si](C)(C)C1C=Cc2ccc(-c3ccccc3)nc2C=C1. The maximum Gasteiger partial charge on any atom is 0.0709 e. The Morgan fingerprint density at radius 1 is 0.857 bits per heavy atom. The highest BCUT2D eigenvalue weighted by Crippen LogP contribution is 2.30. The monoisotopic (exact) mass is 291 g/mol. The number of nitrogens with zero attached hydrogens (tertiary/aromatic N) is 1. The summed E-state index contributed by atoms with van der Waals surface area (Å²) in [6.45, 7) is 7.22. The van der Waals surface area contributed by atoms with E-state index in [1.165, 1.54) is 11.1 Å². The maximum atomic E-state index is 4.84. The minimum absolute atomic E-state index is 0.576. The first-order valence-electron chi connectivity index (χ1n) is 7.47. The van der Waals surface area contributed by atoms with Crippen molar-refractivity contribution in [2.45, 2.75) is 25.2 Å². The molecule has 0 N–H and O–H groups in total. The van der Waals surface area contributed by atoms with Gasteiger partial charge in [-0.3, -0.25) is 0 Å². The highest BCUT2D eigenvalue weighted by atomic mass is 28.3. The fourth-order valence-corrected chi connectivity index (χ4v) is 3.92. The minimum atomic E-state index is -1.21. The molecule has 0 bridgehead atoms. The normalized spacial score (nSPS) is 17.4. The van der Waals surface area contributed by atoms with Crippen LogP contribution in [-0.2, 0) is 0 Å². The molecule has 1 aromatic carbocycles. The average Bonchev–Trinajstić information content (AvgIpc) is 2.69. The summed E-state index contributed by atoms with van der Waals surface area (Å²) in [7, 11) is -1.21. The van der Waals surface area contributed by atoms with E-state index in [9.17, 15) is 0 Å². The lowest BCUT2D eigenvalue weighted by Crippen LogP contribution is -2.25. The Bertz CT molecular complexity index is 693. The first kappa shape index (κ1) is 14.0. The van der Waals surface area contributed by atoms with Crippen molar-refractivity contribution >= 4 is 20.2 Å². The fraction of sp³-hybridized carbons (Fsp3) is 0.211. The Balaban J connectivity index is 2.00. The quantitative estimate of drug-likeness (QED) is 0.666. The van der Waals surface area contributed by atoms with Crippen LogP contribution in [0.5, 0.6) is 0 Å². The molecule has 1 aromatic heterocycles. The zero-order valence-corrected chi connectivity index (χ0v) is 13.9. The van der Waals surface area contributed by atoms with Crippen LogP contribution in [0.4, 0.5) is 0 Å². The molecule has 3 rings (SSSR count). The molecule has 21 heavy (non-hydrogen) atoms. The predicted molar refractivity (Wildman–Crippen MR) is 94.8 cm³/mol. The van der Waals surface area contributed by atoms with E-state index in [0.717, 1.165) is 11.4 Å². The zero-order chi connectivity index (χ0) is 14.9. The largest absolute Gasteiger partial charge is 0.248 e. The molecule has 1 heterocycles. The number of benzene rings is 1. The lowest BCUT2D eigenvalue weighted by molar-refractivity contribution is 1.27. The molecule has 0 saturated carbocycles. The first-order valence-corrected chi connectivity index (χ1v) is 11.0. The van der Waals surface area contributed by atoms with Crippen LogP contribution in [-0.4, -0.2) is 13.1 Å². The Kier molecular flexibility index (Phi) is 3.64. The summed E-state index contributed by atoms with van der Waals surface area (Å²) in [5.41, 5.74) is 5.08. The van der Waals surface area contributed by atoms with Crippen LogP contribution in [0.2, 0.25) is 25.2 Å². The average molecular weight is 291 g/mol. The molecule has 1 aliphatic rings. The molecule has 0 saturated heterocycles. The Morgan fingerprint density at radius 2 is 1.57 bits per heavy atom. The van der Waals surface area contributed by atoms with Gasteiger partial charge in [0.15, 0.2) is 0 Å². The molecule has 0 amide bonds. The second kappa shape index (κ2) is 5.45. The van der Waals surface area contributed by atoms with E-state index in [0.29, 0.717) is 5.54 Å². The van der Waals surface area contributed by atoms with E-state index in [2.05, 4.69) is 80.3 Å². The van der Waals surface area contributed by atoms with Gasteiger partial charge in [0.1, 0.15) is 0 Å². The highest BCUT2D eigenvalue weighted by Gasteiger charge is 2.23. The van der Waals surface area contributed by atoms with Crippen LogP contribution < -0.4 is 0 Å². The molecule has 106 valence electrons. The van der Waals surface area contributed by atoms with Gasteiger partial charge in [-0.25, -0.2) is 4.98 Å². The Labute approximate surface area is 128 Å². The van der Waals surface area contributed by atoms with Crippen molar-refractivity contribution in [1.82, 2.24) is 4.98 Å². The molecule has 0 fully saturated rings. The second-order valence-corrected chi connectivity index (χ2v) is 12.0. The molecule has 0 radical (unpaired) electrons. The van der Waals surface area contributed by atoms with E-state index in [1.54, 1.807) is 0 Å². The highest BCUT2D eigenvalue weighted by molar-refractivity contribution is 6.78. The van der Waals surface area contributed by atoms with E-state index >= 15 is 0 Å². The van der Waals surface area contributed by atoms with Crippen LogP contribution in [0, 0.1) is 0 Å². The van der Waals surface area contributed by atoms with Crippen LogP contribution in [0.1, 0.15) is 11.3 Å². The number of fused-ring (bicyclic) bond motifs is 1. The molecule has 0 spiro atoms. The van der Waals surface area contributed by atoms with Gasteiger partial charge in [0.25, 0.3) is 0 Å². The van der Waals surface area contributed by atoms with E-state index < -0.39 is 8.07 Å². The zero-order valence-electron chi connectivity index (χ0n) is 12.9. The van der Waals surface area contributed by atoms with Crippen molar-refractivity contribution in [3.05, 3.63) is 65.9 Å². The molecular weight excluding hydrogens is 270 g/mol. The third-order valence-corrected chi connectivity index (χ3v) is 6.36. The molecule has 1 aliphatic carbocycles. The smallest absolute Gasteiger partial charge is 0.0709 e. The summed E-state index contributed by atoms with van der Waals surface area (Å²) in [4.78, 5) is 4.84. The molecular formula is C19H21NSi. The summed E-state index contributed by atoms with van der Waals surface area (Å²) in [6.07, 6.45) is 9.11. The molecule has 2 aromatic rings. The first-order chi connectivity index (χ1) is 10.0. The third-order valence-electron chi connectivity index (χ3n) is 3.97. The van der Waals surface area contributed by atoms with Crippen molar-refractivity contribution < 1.29 is 0 Å². The van der Waals surface area contributed by atoms with Gasteiger partial charge in [0.05, 0.1) is 19.5 Å². The summed E-state index contributed by atoms with van der Waals surface area (Å²) < 4.78 is 0. The van der Waals surface area contributed by atoms with Crippen molar-refractivity contribution in [3.8, 4) is 11.3 Å². The van der Waals surface area contributed by atoms with Crippen molar-refractivity contribution in [2.24, 2.45) is 0 Å². The predicted octanol–water partition coefficient (Wildman–Crippen LogP) is 5.50. The number of pyridine rings is 1. The number of hydrogen-bond acceptors (Lipinski definition) is 1. The topological polar surface area (TPSA) is 12.9 Å². The summed E-state index contributed by atoms with van der Waals surface area (Å²) in [5.74, 6) is 0. The van der Waals surface area contributed by atoms with Gasteiger partial charge in [-0.15, -0.1) is 0 Å². The molecule has 0 aliphatic heterocycles. The number of aromatic nitrogens is 1. The van der Waals surface area contributed by atoms with Gasteiger partial charge in [0, 0.05) is 5.56 Å². The molecule has 2 heteroatoms. The summed E-state index contributed by atoms with van der Waals surface area (Å²) in [6, 6.07) is 14.7. The Hall–Kier alpha value is -1.93. The number of hydrogen-bond donors (Lipinski definition) is 0. The fourth-order valence-electron chi connectivity index (χ4n) is 2.57. The van der Waals surface area contributed by atoms with Crippen LogP contribution >= 0.6 is 0 Å². The summed E-state index contributed by atoms with van der Waals surface area (Å²) >= 11 is 0. The van der Waals surface area contributed by atoms with E-state index in [4.69, 9.17) is 4.98 Å². The van der Waals surface area contributed by atoms with Gasteiger partial charge >= 0.3 is 0 Å². The lowest BCUT2D eigenvalue weighted by Gasteiger charge is -2.22. The van der Waals surface area contributed by atoms with Gasteiger partial charge in [0.2, 0.25) is 0 Å². The summed E-state index contributed by atoms with van der Waals surface area (Å²) in [5, 5.41) is 0. The van der Waals surface area contributed by atoms with E-state index in [1.807, 2.05) is 6.07 Å². The van der Waals surface area contributed by atoms with Gasteiger partial charge < -0.3 is 0 Å². The third kappa shape index (κ3) is 3.06. The van der Waals surface area contributed by atoms with Crippen molar-refractivity contribution in [3.63, 3.8) is 0 Å². The minimum Gasteiger partial charge on any atom is -0.248 e. The maximum absolute atomic E-state index is 4.84. The molecule has 1 unspecified atom stereocenters. The van der Waals surface area contributed by atoms with Crippen LogP contribution in [0.25, 0.3) is 23.4 Å². The van der Waals surface area contributed by atoms with Crippen LogP contribution in [0.15, 0.2) is 54.6 Å². The lowest BCUT2D eigenvalue weighted by atomic mass is 10.1. The standard InChI is InChI=1S/C19H21NSi/c1-21(2,3)17-11-9-16-10-13-18(20-19(16)14-12-17)15-7-5-4-6-8-15/h4-14,17H,1-3H3.